The van der Waals surface area contributed by atoms with Gasteiger partial charge in [-0.25, -0.2) is 0 Å². The normalized spacial score (nSPS) is 11.2. The fourth-order valence-corrected chi connectivity index (χ4v) is 2.02. The number of amides is 2. The number of methoxy groups -OCH3 is 1. The summed E-state index contributed by atoms with van der Waals surface area (Å²) in [6.07, 6.45) is 5.02. The summed E-state index contributed by atoms with van der Waals surface area (Å²) in [6, 6.07) is 15.7. The number of ether oxygens (including phenoxy) is 1. The van der Waals surface area contributed by atoms with Gasteiger partial charge in [0, 0.05) is 11.3 Å². The average molecular weight is 336 g/mol. The van der Waals surface area contributed by atoms with Crippen molar-refractivity contribution >= 4 is 17.5 Å². The molecule has 0 radical (unpaired) electrons. The molecule has 5 nitrogen and oxygen atoms in total. The summed E-state index contributed by atoms with van der Waals surface area (Å²) in [5, 5.41) is 5.39. The zero-order valence-electron chi connectivity index (χ0n) is 14.2. The van der Waals surface area contributed by atoms with Crippen LogP contribution in [0.2, 0.25) is 0 Å². The molecule has 2 amide bonds. The van der Waals surface area contributed by atoms with Crippen LogP contribution in [0.25, 0.3) is 0 Å². The van der Waals surface area contributed by atoms with Crippen molar-refractivity contribution in [2.24, 2.45) is 0 Å². The van der Waals surface area contributed by atoms with E-state index in [1.54, 1.807) is 73.9 Å². The molecule has 2 N–H and O–H groups in total. The summed E-state index contributed by atoms with van der Waals surface area (Å²) in [6.45, 7) is 1.83. The Bertz CT molecular complexity index is 778. The van der Waals surface area contributed by atoms with E-state index >= 15 is 0 Å². The summed E-state index contributed by atoms with van der Waals surface area (Å²) in [5.41, 5.74) is 1.24. The van der Waals surface area contributed by atoms with Gasteiger partial charge in [-0.15, -0.1) is 0 Å². The molecule has 128 valence electrons. The van der Waals surface area contributed by atoms with Crippen LogP contribution in [0, 0.1) is 0 Å². The minimum Gasteiger partial charge on any atom is -0.497 e. The number of carbonyl (C=O) groups is 2. The summed E-state index contributed by atoms with van der Waals surface area (Å²) >= 11 is 0. The largest absolute Gasteiger partial charge is 0.497 e. The van der Waals surface area contributed by atoms with Gasteiger partial charge in [0.25, 0.3) is 11.8 Å². The van der Waals surface area contributed by atoms with E-state index < -0.39 is 5.91 Å². The maximum Gasteiger partial charge on any atom is 0.272 e. The van der Waals surface area contributed by atoms with E-state index in [0.29, 0.717) is 17.0 Å². The first kappa shape index (κ1) is 18.0. The van der Waals surface area contributed by atoms with E-state index in [1.807, 2.05) is 13.0 Å². The molecule has 0 saturated carbocycles. The maximum absolute atomic E-state index is 12.5. The molecule has 0 bridgehead atoms. The van der Waals surface area contributed by atoms with Crippen LogP contribution < -0.4 is 15.4 Å². The number of benzene rings is 2. The molecule has 0 atom stereocenters. The molecule has 2 rings (SSSR count). The Balaban J connectivity index is 2.13. The molecule has 0 aromatic heterocycles. The highest BCUT2D eigenvalue weighted by Crippen LogP contribution is 2.15. The molecule has 0 unspecified atom stereocenters. The standard InChI is InChI=1S/C20H20N2O3/c1-3-4-10-18(22-19(23)15-8-6-5-7-9-15)20(24)21-16-11-13-17(25-2)14-12-16/h3-14H,1-2H3,(H,21,24)(H,22,23)/b4-3+,18-10-. The fraction of sp³-hybridized carbons (Fsp3) is 0.100. The highest BCUT2D eigenvalue weighted by atomic mass is 16.5. The quantitative estimate of drug-likeness (QED) is 0.626. The van der Waals surface area contributed by atoms with Gasteiger partial charge in [-0.05, 0) is 49.4 Å². The molecule has 0 aliphatic heterocycles. The van der Waals surface area contributed by atoms with Crippen molar-refractivity contribution in [1.82, 2.24) is 5.32 Å². The minimum atomic E-state index is -0.410. The van der Waals surface area contributed by atoms with Crippen molar-refractivity contribution in [2.75, 3.05) is 12.4 Å². The Morgan fingerprint density at radius 1 is 1.00 bits per heavy atom. The zero-order chi connectivity index (χ0) is 18.1. The van der Waals surface area contributed by atoms with Crippen LogP contribution in [0.15, 0.2) is 78.5 Å². The second kappa shape index (κ2) is 9.08. The molecule has 0 aliphatic carbocycles. The number of rotatable bonds is 6. The number of hydrogen-bond acceptors (Lipinski definition) is 3. The number of anilines is 1. The van der Waals surface area contributed by atoms with Crippen molar-refractivity contribution in [3.63, 3.8) is 0 Å². The van der Waals surface area contributed by atoms with Gasteiger partial charge in [0.2, 0.25) is 0 Å². The van der Waals surface area contributed by atoms with E-state index in [0.717, 1.165) is 0 Å². The van der Waals surface area contributed by atoms with Crippen LogP contribution in [-0.4, -0.2) is 18.9 Å². The third-order valence-corrected chi connectivity index (χ3v) is 3.33. The molecule has 0 aliphatic rings. The number of hydrogen-bond donors (Lipinski definition) is 2. The lowest BCUT2D eigenvalue weighted by atomic mass is 10.2. The number of nitrogens with one attached hydrogen (secondary N) is 2. The van der Waals surface area contributed by atoms with E-state index in [1.165, 1.54) is 0 Å². The first-order valence-electron chi connectivity index (χ1n) is 7.79. The molecule has 0 saturated heterocycles. The van der Waals surface area contributed by atoms with Crippen LogP contribution in [0.5, 0.6) is 5.75 Å². The summed E-state index contributed by atoms with van der Waals surface area (Å²) in [4.78, 5) is 24.8. The van der Waals surface area contributed by atoms with Crippen molar-refractivity contribution in [2.45, 2.75) is 6.92 Å². The summed E-state index contributed by atoms with van der Waals surface area (Å²) in [7, 11) is 1.57. The Morgan fingerprint density at radius 2 is 1.68 bits per heavy atom. The number of allylic oxidation sites excluding steroid dienone is 3. The van der Waals surface area contributed by atoms with Crippen molar-refractivity contribution in [3.8, 4) is 5.75 Å². The lowest BCUT2D eigenvalue weighted by Crippen LogP contribution is -2.30. The van der Waals surface area contributed by atoms with Gasteiger partial charge in [0.15, 0.2) is 0 Å². The van der Waals surface area contributed by atoms with E-state index in [-0.39, 0.29) is 11.6 Å². The highest BCUT2D eigenvalue weighted by Gasteiger charge is 2.14. The van der Waals surface area contributed by atoms with Gasteiger partial charge in [0.1, 0.15) is 11.4 Å². The van der Waals surface area contributed by atoms with Crippen LogP contribution in [0.1, 0.15) is 17.3 Å². The molecule has 0 spiro atoms. The van der Waals surface area contributed by atoms with Gasteiger partial charge in [-0.1, -0.05) is 30.4 Å². The molecule has 0 heterocycles. The van der Waals surface area contributed by atoms with E-state index in [9.17, 15) is 9.59 Å². The van der Waals surface area contributed by atoms with Gasteiger partial charge >= 0.3 is 0 Å². The van der Waals surface area contributed by atoms with Crippen LogP contribution >= 0.6 is 0 Å². The summed E-state index contributed by atoms with van der Waals surface area (Å²) in [5.74, 6) is -0.0613. The Labute approximate surface area is 147 Å². The minimum absolute atomic E-state index is 0.155. The predicted octanol–water partition coefficient (Wildman–Crippen LogP) is 3.52. The topological polar surface area (TPSA) is 67.4 Å². The zero-order valence-corrected chi connectivity index (χ0v) is 14.2. The van der Waals surface area contributed by atoms with Crippen LogP contribution in [-0.2, 0) is 4.79 Å². The highest BCUT2D eigenvalue weighted by molar-refractivity contribution is 6.08. The monoisotopic (exact) mass is 336 g/mol. The first-order valence-corrected chi connectivity index (χ1v) is 7.79. The molecule has 0 fully saturated rings. The second-order valence-electron chi connectivity index (χ2n) is 5.11. The van der Waals surface area contributed by atoms with Gasteiger partial charge in [0.05, 0.1) is 7.11 Å². The molecule has 2 aromatic carbocycles. The molecule has 2 aromatic rings. The molecule has 25 heavy (non-hydrogen) atoms. The van der Waals surface area contributed by atoms with Gasteiger partial charge in [-0.3, -0.25) is 9.59 Å². The van der Waals surface area contributed by atoms with Crippen molar-refractivity contribution in [3.05, 3.63) is 84.1 Å². The molecular weight excluding hydrogens is 316 g/mol. The van der Waals surface area contributed by atoms with Gasteiger partial charge in [-0.2, -0.15) is 0 Å². The van der Waals surface area contributed by atoms with Gasteiger partial charge < -0.3 is 15.4 Å². The third kappa shape index (κ3) is 5.35. The Hall–Kier alpha value is -3.34. The Kier molecular flexibility index (Phi) is 6.54. The van der Waals surface area contributed by atoms with E-state index in [4.69, 9.17) is 4.74 Å². The first-order chi connectivity index (χ1) is 12.1. The fourth-order valence-electron chi connectivity index (χ4n) is 2.02. The van der Waals surface area contributed by atoms with Crippen molar-refractivity contribution < 1.29 is 14.3 Å². The SMILES string of the molecule is C/C=C/C=C(\NC(=O)c1ccccc1)C(=O)Nc1ccc(OC)cc1. The van der Waals surface area contributed by atoms with Crippen LogP contribution in [0.3, 0.4) is 0 Å². The maximum atomic E-state index is 12.5. The average Bonchev–Trinajstić information content (AvgIpc) is 2.66. The molecular formula is C20H20N2O3. The third-order valence-electron chi connectivity index (χ3n) is 3.33. The second-order valence-corrected chi connectivity index (χ2v) is 5.11. The summed E-state index contributed by atoms with van der Waals surface area (Å²) < 4.78 is 5.09. The molecule has 5 heteroatoms. The lowest BCUT2D eigenvalue weighted by molar-refractivity contribution is -0.113. The van der Waals surface area contributed by atoms with Crippen LogP contribution in [0.4, 0.5) is 5.69 Å². The smallest absolute Gasteiger partial charge is 0.272 e. The lowest BCUT2D eigenvalue weighted by Gasteiger charge is -2.11. The Morgan fingerprint density at radius 3 is 2.28 bits per heavy atom. The predicted molar refractivity (Wildman–Crippen MR) is 98.4 cm³/mol. The van der Waals surface area contributed by atoms with E-state index in [2.05, 4.69) is 10.6 Å². The number of carbonyl (C=O) groups excluding carboxylic acids is 2. The van der Waals surface area contributed by atoms with Crippen molar-refractivity contribution in [1.29, 1.82) is 0 Å².